The normalized spacial score (nSPS) is 11.9. The van der Waals surface area contributed by atoms with E-state index in [4.69, 9.17) is 5.26 Å². The Morgan fingerprint density at radius 2 is 2.17 bits per heavy atom. The van der Waals surface area contributed by atoms with Gasteiger partial charge in [0.2, 0.25) is 0 Å². The molecule has 0 spiro atoms. The summed E-state index contributed by atoms with van der Waals surface area (Å²) in [6, 6.07) is 4.99. The standard InChI is InChI=1S/C14H10F3N5O/c1-22-6-4-12(21-22)20-13(23)9(8-18)7-11-10(14(15,16)17)3-2-5-19-11/h2-7H,1H3,(H,20,21,23)/b9-7-. The van der Waals surface area contributed by atoms with Gasteiger partial charge in [-0.2, -0.15) is 23.5 Å². The Morgan fingerprint density at radius 1 is 1.43 bits per heavy atom. The molecule has 6 nitrogen and oxygen atoms in total. The lowest BCUT2D eigenvalue weighted by atomic mass is 10.1. The molecule has 2 aromatic heterocycles. The summed E-state index contributed by atoms with van der Waals surface area (Å²) < 4.78 is 40.1. The number of carbonyl (C=O) groups excluding carboxylic acids is 1. The van der Waals surface area contributed by atoms with Gasteiger partial charge in [-0.05, 0) is 18.2 Å². The monoisotopic (exact) mass is 321 g/mol. The smallest absolute Gasteiger partial charge is 0.304 e. The van der Waals surface area contributed by atoms with E-state index >= 15 is 0 Å². The Labute approximate surface area is 128 Å². The minimum absolute atomic E-state index is 0.177. The number of nitriles is 1. The minimum Gasteiger partial charge on any atom is -0.304 e. The van der Waals surface area contributed by atoms with Gasteiger partial charge >= 0.3 is 6.18 Å². The third-order valence-electron chi connectivity index (χ3n) is 2.75. The third-order valence-corrected chi connectivity index (χ3v) is 2.75. The van der Waals surface area contributed by atoms with Crippen molar-refractivity contribution >= 4 is 17.8 Å². The Morgan fingerprint density at radius 3 is 2.74 bits per heavy atom. The first-order chi connectivity index (χ1) is 10.8. The molecule has 0 radical (unpaired) electrons. The number of alkyl halides is 3. The average molecular weight is 321 g/mol. The molecule has 0 aliphatic heterocycles. The summed E-state index contributed by atoms with van der Waals surface area (Å²) in [6.45, 7) is 0. The van der Waals surface area contributed by atoms with E-state index in [0.29, 0.717) is 0 Å². The van der Waals surface area contributed by atoms with Gasteiger partial charge in [-0.15, -0.1) is 0 Å². The van der Waals surface area contributed by atoms with Crippen LogP contribution in [0.5, 0.6) is 0 Å². The van der Waals surface area contributed by atoms with Gasteiger partial charge in [0.25, 0.3) is 5.91 Å². The second-order valence-corrected chi connectivity index (χ2v) is 4.43. The molecule has 118 valence electrons. The van der Waals surface area contributed by atoms with Crippen molar-refractivity contribution in [3.05, 3.63) is 47.4 Å². The summed E-state index contributed by atoms with van der Waals surface area (Å²) in [5.74, 6) is -0.694. The maximum atomic E-state index is 12.9. The fourth-order valence-corrected chi connectivity index (χ4v) is 1.72. The minimum atomic E-state index is -4.64. The van der Waals surface area contributed by atoms with Crippen molar-refractivity contribution in [2.45, 2.75) is 6.18 Å². The van der Waals surface area contributed by atoms with Gasteiger partial charge in [0.05, 0.1) is 11.3 Å². The van der Waals surface area contributed by atoms with Crippen molar-refractivity contribution in [3.8, 4) is 6.07 Å². The summed E-state index contributed by atoms with van der Waals surface area (Å²) in [5, 5.41) is 15.2. The lowest BCUT2D eigenvalue weighted by Gasteiger charge is -2.09. The van der Waals surface area contributed by atoms with Gasteiger partial charge in [-0.3, -0.25) is 14.5 Å². The van der Waals surface area contributed by atoms with Gasteiger partial charge in [-0.25, -0.2) is 0 Å². The second-order valence-electron chi connectivity index (χ2n) is 4.43. The van der Waals surface area contributed by atoms with E-state index in [1.54, 1.807) is 19.3 Å². The Hall–Kier alpha value is -3.15. The molecule has 0 bridgehead atoms. The van der Waals surface area contributed by atoms with Crippen molar-refractivity contribution in [1.82, 2.24) is 14.8 Å². The van der Waals surface area contributed by atoms with Crippen LogP contribution in [0.2, 0.25) is 0 Å². The number of hydrogen-bond acceptors (Lipinski definition) is 4. The number of hydrogen-bond donors (Lipinski definition) is 1. The Balaban J connectivity index is 2.33. The molecule has 0 aromatic carbocycles. The number of pyridine rings is 1. The maximum absolute atomic E-state index is 12.9. The van der Waals surface area contributed by atoms with Crippen LogP contribution in [0.25, 0.3) is 6.08 Å². The SMILES string of the molecule is Cn1ccc(NC(=O)/C(C#N)=C\c2ncccc2C(F)(F)F)n1. The Bertz CT molecular complexity index is 801. The zero-order valence-corrected chi connectivity index (χ0v) is 11.8. The molecule has 2 heterocycles. The highest BCUT2D eigenvalue weighted by atomic mass is 19.4. The lowest BCUT2D eigenvalue weighted by Crippen LogP contribution is -2.15. The number of rotatable bonds is 3. The fourth-order valence-electron chi connectivity index (χ4n) is 1.72. The van der Waals surface area contributed by atoms with Crippen molar-refractivity contribution in [3.63, 3.8) is 0 Å². The van der Waals surface area contributed by atoms with Crippen LogP contribution in [-0.4, -0.2) is 20.7 Å². The quantitative estimate of drug-likeness (QED) is 0.695. The third kappa shape index (κ3) is 3.94. The number of halogens is 3. The van der Waals surface area contributed by atoms with Crippen LogP contribution >= 0.6 is 0 Å². The number of anilines is 1. The topological polar surface area (TPSA) is 83.6 Å². The van der Waals surface area contributed by atoms with Crippen LogP contribution in [-0.2, 0) is 18.0 Å². The molecule has 2 aromatic rings. The van der Waals surface area contributed by atoms with E-state index in [9.17, 15) is 18.0 Å². The zero-order chi connectivity index (χ0) is 17.0. The molecule has 23 heavy (non-hydrogen) atoms. The lowest BCUT2D eigenvalue weighted by molar-refractivity contribution is -0.138. The molecule has 9 heteroatoms. The number of aromatic nitrogens is 3. The highest BCUT2D eigenvalue weighted by Gasteiger charge is 2.33. The van der Waals surface area contributed by atoms with Crippen molar-refractivity contribution in [2.24, 2.45) is 7.05 Å². The van der Waals surface area contributed by atoms with Crippen LogP contribution < -0.4 is 5.32 Å². The van der Waals surface area contributed by atoms with E-state index in [1.807, 2.05) is 0 Å². The molecular formula is C14H10F3N5O. The van der Waals surface area contributed by atoms with Gasteiger partial charge in [-0.1, -0.05) is 0 Å². The zero-order valence-electron chi connectivity index (χ0n) is 11.8. The summed E-state index contributed by atoms with van der Waals surface area (Å²) in [6.07, 6.45) is -1.14. The van der Waals surface area contributed by atoms with Crippen LogP contribution in [0.4, 0.5) is 19.0 Å². The molecule has 2 rings (SSSR count). The molecule has 0 saturated carbocycles. The van der Waals surface area contributed by atoms with Gasteiger partial charge in [0.15, 0.2) is 5.82 Å². The van der Waals surface area contributed by atoms with Crippen molar-refractivity contribution in [2.75, 3.05) is 5.32 Å². The number of carbonyl (C=O) groups is 1. The second kappa shape index (κ2) is 6.31. The molecule has 0 aliphatic rings. The summed E-state index contributed by atoms with van der Waals surface area (Å²) in [4.78, 5) is 15.5. The van der Waals surface area contributed by atoms with Gasteiger partial charge in [0.1, 0.15) is 11.6 Å². The van der Waals surface area contributed by atoms with Crippen molar-refractivity contribution in [1.29, 1.82) is 5.26 Å². The fraction of sp³-hybridized carbons (Fsp3) is 0.143. The number of amides is 1. The summed E-state index contributed by atoms with van der Waals surface area (Å²) in [5.41, 5.74) is -2.05. The van der Waals surface area contributed by atoms with Gasteiger partial charge in [0, 0.05) is 25.5 Å². The average Bonchev–Trinajstić information content (AvgIpc) is 2.89. The first-order valence-electron chi connectivity index (χ1n) is 6.26. The van der Waals surface area contributed by atoms with Gasteiger partial charge < -0.3 is 5.32 Å². The number of nitrogens with one attached hydrogen (secondary N) is 1. The first-order valence-corrected chi connectivity index (χ1v) is 6.26. The summed E-state index contributed by atoms with van der Waals surface area (Å²) >= 11 is 0. The van der Waals surface area contributed by atoms with Crippen LogP contribution in [0.3, 0.4) is 0 Å². The molecule has 0 atom stereocenters. The largest absolute Gasteiger partial charge is 0.418 e. The molecular weight excluding hydrogens is 311 g/mol. The van der Waals surface area contributed by atoms with E-state index in [2.05, 4.69) is 15.4 Å². The molecule has 0 saturated heterocycles. The van der Waals surface area contributed by atoms with Crippen LogP contribution in [0.15, 0.2) is 36.2 Å². The summed E-state index contributed by atoms with van der Waals surface area (Å²) in [7, 11) is 1.63. The molecule has 0 aliphatic carbocycles. The molecule has 1 N–H and O–H groups in total. The predicted octanol–water partition coefficient (Wildman–Crippen LogP) is 2.38. The highest BCUT2D eigenvalue weighted by Crippen LogP contribution is 2.31. The maximum Gasteiger partial charge on any atom is 0.418 e. The van der Waals surface area contributed by atoms with E-state index in [-0.39, 0.29) is 5.82 Å². The number of nitrogens with zero attached hydrogens (tertiary/aromatic N) is 4. The van der Waals surface area contributed by atoms with E-state index < -0.39 is 28.9 Å². The first kappa shape index (κ1) is 16.2. The molecule has 0 unspecified atom stereocenters. The number of aryl methyl sites for hydroxylation is 1. The highest BCUT2D eigenvalue weighted by molar-refractivity contribution is 6.09. The predicted molar refractivity (Wildman–Crippen MR) is 74.7 cm³/mol. The van der Waals surface area contributed by atoms with E-state index in [1.165, 1.54) is 10.7 Å². The van der Waals surface area contributed by atoms with Crippen LogP contribution in [0, 0.1) is 11.3 Å². The Kier molecular flexibility index (Phi) is 4.45. The molecule has 1 amide bonds. The molecule has 0 fully saturated rings. The van der Waals surface area contributed by atoms with Crippen molar-refractivity contribution < 1.29 is 18.0 Å². The van der Waals surface area contributed by atoms with E-state index in [0.717, 1.165) is 24.4 Å². The van der Waals surface area contributed by atoms with Crippen LogP contribution in [0.1, 0.15) is 11.3 Å².